The molecule has 0 amide bonds. The van der Waals surface area contributed by atoms with Gasteiger partial charge in [0, 0.05) is 10.9 Å². The number of nitrogens with two attached hydrogens (primary N) is 1. The number of rotatable bonds is 3. The molecule has 0 saturated heterocycles. The highest BCUT2D eigenvalue weighted by Gasteiger charge is 2.05. The molecule has 60 valence electrons. The highest BCUT2D eigenvalue weighted by Crippen LogP contribution is 2.21. The summed E-state index contributed by atoms with van der Waals surface area (Å²) in [7, 11) is 0. The van der Waals surface area contributed by atoms with E-state index in [0.29, 0.717) is 0 Å². The van der Waals surface area contributed by atoms with Crippen LogP contribution < -0.4 is 5.73 Å². The molecule has 1 rings (SSSR count). The Morgan fingerprint density at radius 1 is 1.82 bits per heavy atom. The predicted octanol–water partition coefficient (Wildman–Crippen LogP) is 2.71. The zero-order valence-corrected chi connectivity index (χ0v) is 7.53. The molecule has 0 aliphatic heterocycles. The van der Waals surface area contributed by atoms with Crippen LogP contribution in [0.15, 0.2) is 29.7 Å². The third-order valence-corrected chi connectivity index (χ3v) is 2.48. The Morgan fingerprint density at radius 3 is 3.00 bits per heavy atom. The van der Waals surface area contributed by atoms with Crippen LogP contribution in [0.1, 0.15) is 24.3 Å². The van der Waals surface area contributed by atoms with Crippen molar-refractivity contribution in [3.8, 4) is 0 Å². The van der Waals surface area contributed by atoms with Gasteiger partial charge in [0.25, 0.3) is 0 Å². The van der Waals surface area contributed by atoms with Crippen LogP contribution in [0.2, 0.25) is 0 Å². The van der Waals surface area contributed by atoms with Crippen molar-refractivity contribution in [3.63, 3.8) is 0 Å². The molecule has 1 aromatic heterocycles. The molecule has 2 N–H and O–H groups in total. The lowest BCUT2D eigenvalue weighted by Crippen LogP contribution is -2.08. The fourth-order valence-electron chi connectivity index (χ4n) is 0.978. The van der Waals surface area contributed by atoms with Crippen molar-refractivity contribution in [2.45, 2.75) is 19.4 Å². The van der Waals surface area contributed by atoms with Crippen LogP contribution in [0, 0.1) is 0 Å². The lowest BCUT2D eigenvalue weighted by atomic mass is 10.1. The summed E-state index contributed by atoms with van der Waals surface area (Å²) in [5.74, 6) is 0. The Bertz CT molecular complexity index is 226. The van der Waals surface area contributed by atoms with E-state index in [2.05, 4.69) is 12.6 Å². The van der Waals surface area contributed by atoms with Crippen molar-refractivity contribution in [1.29, 1.82) is 0 Å². The van der Waals surface area contributed by atoms with Crippen LogP contribution in [0.4, 0.5) is 0 Å². The molecule has 0 spiro atoms. The van der Waals surface area contributed by atoms with Gasteiger partial charge in [-0.25, -0.2) is 0 Å². The van der Waals surface area contributed by atoms with Gasteiger partial charge in [-0.3, -0.25) is 0 Å². The summed E-state index contributed by atoms with van der Waals surface area (Å²) in [6, 6.07) is 4.24. The minimum Gasteiger partial charge on any atom is -0.323 e. The van der Waals surface area contributed by atoms with Crippen LogP contribution in [0.25, 0.3) is 0 Å². The van der Waals surface area contributed by atoms with Crippen molar-refractivity contribution in [3.05, 3.63) is 34.5 Å². The van der Waals surface area contributed by atoms with Gasteiger partial charge in [0.15, 0.2) is 0 Å². The van der Waals surface area contributed by atoms with E-state index in [9.17, 15) is 0 Å². The fourth-order valence-corrected chi connectivity index (χ4v) is 1.71. The van der Waals surface area contributed by atoms with Crippen LogP contribution in [-0.2, 0) is 0 Å². The topological polar surface area (TPSA) is 26.0 Å². The van der Waals surface area contributed by atoms with E-state index in [1.165, 1.54) is 4.88 Å². The molecule has 2 heteroatoms. The first kappa shape index (κ1) is 8.50. The molecular formula is C9H13NS. The second-order valence-corrected chi connectivity index (χ2v) is 3.76. The van der Waals surface area contributed by atoms with E-state index in [-0.39, 0.29) is 6.04 Å². The van der Waals surface area contributed by atoms with E-state index in [1.807, 2.05) is 18.4 Å². The number of hydrogen-bond acceptors (Lipinski definition) is 2. The molecule has 0 fully saturated rings. The summed E-state index contributed by atoms with van der Waals surface area (Å²) in [6.45, 7) is 5.84. The number of thiophene rings is 1. The summed E-state index contributed by atoms with van der Waals surface area (Å²) in [4.78, 5) is 1.24. The molecule has 11 heavy (non-hydrogen) atoms. The maximum Gasteiger partial charge on any atom is 0.0427 e. The quantitative estimate of drug-likeness (QED) is 0.688. The molecule has 0 radical (unpaired) electrons. The first-order valence-electron chi connectivity index (χ1n) is 3.63. The molecule has 0 aromatic carbocycles. The van der Waals surface area contributed by atoms with E-state index >= 15 is 0 Å². The SMILES string of the molecule is C=C(C)C[C@H](N)c1cccs1. The minimum absolute atomic E-state index is 0.146. The summed E-state index contributed by atoms with van der Waals surface area (Å²) in [6.07, 6.45) is 0.889. The van der Waals surface area contributed by atoms with Crippen molar-refractivity contribution < 1.29 is 0 Å². The van der Waals surface area contributed by atoms with Crippen LogP contribution in [0.5, 0.6) is 0 Å². The normalized spacial score (nSPS) is 12.9. The molecule has 0 aliphatic carbocycles. The molecule has 1 atom stereocenters. The van der Waals surface area contributed by atoms with E-state index in [4.69, 9.17) is 5.73 Å². The third-order valence-electron chi connectivity index (χ3n) is 1.48. The van der Waals surface area contributed by atoms with Gasteiger partial charge in [-0.15, -0.1) is 17.9 Å². The van der Waals surface area contributed by atoms with E-state index in [0.717, 1.165) is 12.0 Å². The molecule has 1 heterocycles. The van der Waals surface area contributed by atoms with Crippen molar-refractivity contribution >= 4 is 11.3 Å². The minimum atomic E-state index is 0.146. The summed E-state index contributed by atoms with van der Waals surface area (Å²) in [5, 5.41) is 2.05. The summed E-state index contributed by atoms with van der Waals surface area (Å²) < 4.78 is 0. The van der Waals surface area contributed by atoms with E-state index < -0.39 is 0 Å². The zero-order chi connectivity index (χ0) is 8.27. The van der Waals surface area contributed by atoms with Crippen molar-refractivity contribution in [2.24, 2.45) is 5.73 Å². The molecule has 0 unspecified atom stereocenters. The van der Waals surface area contributed by atoms with Crippen LogP contribution in [0.3, 0.4) is 0 Å². The molecule has 1 nitrogen and oxygen atoms in total. The lowest BCUT2D eigenvalue weighted by Gasteiger charge is -2.07. The second kappa shape index (κ2) is 3.69. The Morgan fingerprint density at radius 2 is 2.55 bits per heavy atom. The van der Waals surface area contributed by atoms with Gasteiger partial charge in [-0.05, 0) is 24.8 Å². The van der Waals surface area contributed by atoms with Gasteiger partial charge in [0.1, 0.15) is 0 Å². The largest absolute Gasteiger partial charge is 0.323 e. The molecule has 1 aromatic rings. The Balaban J connectivity index is 2.56. The average molecular weight is 167 g/mol. The maximum atomic E-state index is 5.89. The van der Waals surface area contributed by atoms with Gasteiger partial charge in [-0.2, -0.15) is 0 Å². The lowest BCUT2D eigenvalue weighted by molar-refractivity contribution is 0.731. The summed E-state index contributed by atoms with van der Waals surface area (Å²) >= 11 is 1.71. The van der Waals surface area contributed by atoms with Crippen LogP contribution >= 0.6 is 11.3 Å². The molecule has 0 bridgehead atoms. The maximum absolute atomic E-state index is 5.89. The fraction of sp³-hybridized carbons (Fsp3) is 0.333. The third kappa shape index (κ3) is 2.48. The van der Waals surface area contributed by atoms with E-state index in [1.54, 1.807) is 11.3 Å². The van der Waals surface area contributed by atoms with Gasteiger partial charge >= 0.3 is 0 Å². The van der Waals surface area contributed by atoms with Crippen LogP contribution in [-0.4, -0.2) is 0 Å². The second-order valence-electron chi connectivity index (χ2n) is 2.78. The zero-order valence-electron chi connectivity index (χ0n) is 6.71. The average Bonchev–Trinajstić information content (AvgIpc) is 2.35. The first-order valence-corrected chi connectivity index (χ1v) is 4.51. The van der Waals surface area contributed by atoms with Gasteiger partial charge in [-0.1, -0.05) is 11.6 Å². The van der Waals surface area contributed by atoms with Gasteiger partial charge in [0.2, 0.25) is 0 Å². The molecule has 0 aliphatic rings. The predicted molar refractivity (Wildman–Crippen MR) is 50.7 cm³/mol. The monoisotopic (exact) mass is 167 g/mol. The number of hydrogen-bond donors (Lipinski definition) is 1. The van der Waals surface area contributed by atoms with Gasteiger partial charge < -0.3 is 5.73 Å². The van der Waals surface area contributed by atoms with Gasteiger partial charge in [0.05, 0.1) is 0 Å². The first-order chi connectivity index (χ1) is 5.20. The molecule has 0 saturated carbocycles. The summed E-state index contributed by atoms with van der Waals surface area (Å²) in [5.41, 5.74) is 7.03. The highest BCUT2D eigenvalue weighted by molar-refractivity contribution is 7.10. The Kier molecular flexibility index (Phi) is 2.85. The highest BCUT2D eigenvalue weighted by atomic mass is 32.1. The molecular weight excluding hydrogens is 154 g/mol. The van der Waals surface area contributed by atoms with Crippen molar-refractivity contribution in [1.82, 2.24) is 0 Å². The Labute approximate surface area is 71.5 Å². The Hall–Kier alpha value is -0.600. The smallest absolute Gasteiger partial charge is 0.0427 e. The van der Waals surface area contributed by atoms with Crippen molar-refractivity contribution in [2.75, 3.05) is 0 Å². The standard InChI is InChI=1S/C9H13NS/c1-7(2)6-8(10)9-4-3-5-11-9/h3-5,8H,1,6,10H2,2H3/t8-/m0/s1.